The topological polar surface area (TPSA) is 24.1 Å². The summed E-state index contributed by atoms with van der Waals surface area (Å²) in [6.07, 6.45) is 9.24. The van der Waals surface area contributed by atoms with Crippen LogP contribution in [0.4, 0.5) is 0 Å². The van der Waals surface area contributed by atoms with E-state index >= 15 is 0 Å². The van der Waals surface area contributed by atoms with Crippen molar-refractivity contribution in [3.8, 4) is 0 Å². The highest BCUT2D eigenvalue weighted by Crippen LogP contribution is 2.31. The van der Waals surface area contributed by atoms with E-state index in [1.165, 1.54) is 45.2 Å². The van der Waals surface area contributed by atoms with E-state index in [0.29, 0.717) is 0 Å². The van der Waals surface area contributed by atoms with Gasteiger partial charge in [0.25, 0.3) is 0 Å². The van der Waals surface area contributed by atoms with Gasteiger partial charge in [-0.2, -0.15) is 11.8 Å². The molecule has 0 aromatic heterocycles. The summed E-state index contributed by atoms with van der Waals surface area (Å²) in [7, 11) is 0. The van der Waals surface area contributed by atoms with Gasteiger partial charge in [0.2, 0.25) is 0 Å². The van der Waals surface area contributed by atoms with Crippen LogP contribution in [0.3, 0.4) is 0 Å². The molecule has 1 heterocycles. The fourth-order valence-corrected chi connectivity index (χ4v) is 3.46. The normalized spacial score (nSPS) is 36.8. The summed E-state index contributed by atoms with van der Waals surface area (Å²) < 4.78 is 0. The third kappa shape index (κ3) is 3.14. The maximum atomic E-state index is 3.80. The van der Waals surface area contributed by atoms with Crippen molar-refractivity contribution in [2.24, 2.45) is 5.92 Å². The quantitative estimate of drug-likeness (QED) is 0.773. The molecule has 3 heteroatoms. The van der Waals surface area contributed by atoms with Gasteiger partial charge in [-0.3, -0.25) is 0 Å². The molecule has 16 heavy (non-hydrogen) atoms. The Morgan fingerprint density at radius 2 is 2.19 bits per heavy atom. The van der Waals surface area contributed by atoms with Gasteiger partial charge in [-0.05, 0) is 44.4 Å². The number of hydrogen-bond acceptors (Lipinski definition) is 3. The molecule has 2 aliphatic rings. The van der Waals surface area contributed by atoms with Gasteiger partial charge in [-0.15, -0.1) is 0 Å². The van der Waals surface area contributed by atoms with E-state index in [9.17, 15) is 0 Å². The molecule has 0 spiro atoms. The average molecular weight is 242 g/mol. The van der Waals surface area contributed by atoms with Crippen molar-refractivity contribution < 1.29 is 0 Å². The first-order chi connectivity index (χ1) is 7.81. The molecule has 0 aromatic rings. The maximum absolute atomic E-state index is 3.80. The summed E-state index contributed by atoms with van der Waals surface area (Å²) in [6, 6.07) is 1.59. The van der Waals surface area contributed by atoms with Crippen molar-refractivity contribution in [2.45, 2.75) is 56.4 Å². The lowest BCUT2D eigenvalue weighted by atomic mass is 9.93. The second-order valence-corrected chi connectivity index (χ2v) is 6.63. The Kier molecular flexibility index (Phi) is 4.98. The van der Waals surface area contributed by atoms with Gasteiger partial charge in [0, 0.05) is 23.9 Å². The Labute approximate surface area is 104 Å². The predicted octanol–water partition coefficient (Wildman–Crippen LogP) is 2.25. The molecule has 0 bridgehead atoms. The minimum Gasteiger partial charge on any atom is -0.314 e. The van der Waals surface area contributed by atoms with Gasteiger partial charge in [-0.25, -0.2) is 0 Å². The standard InChI is InChI=1S/C13H26N2S/c1-10(16-2)9-15-13-6-3-5-11(13)12-7-4-8-14-12/h10-15H,3-9H2,1-2H3. The van der Waals surface area contributed by atoms with Gasteiger partial charge in [-0.1, -0.05) is 13.3 Å². The summed E-state index contributed by atoms with van der Waals surface area (Å²) in [6.45, 7) is 4.74. The van der Waals surface area contributed by atoms with Crippen LogP contribution < -0.4 is 10.6 Å². The van der Waals surface area contributed by atoms with E-state index in [1.54, 1.807) is 0 Å². The molecule has 2 fully saturated rings. The average Bonchev–Trinajstić information content (AvgIpc) is 2.95. The van der Waals surface area contributed by atoms with Crippen molar-refractivity contribution >= 4 is 11.8 Å². The highest BCUT2D eigenvalue weighted by Gasteiger charge is 2.34. The van der Waals surface area contributed by atoms with Crippen LogP contribution in [0.5, 0.6) is 0 Å². The minimum absolute atomic E-state index is 0.748. The molecule has 4 unspecified atom stereocenters. The smallest absolute Gasteiger partial charge is 0.0141 e. The van der Waals surface area contributed by atoms with Crippen LogP contribution in [-0.4, -0.2) is 36.7 Å². The van der Waals surface area contributed by atoms with Crippen molar-refractivity contribution in [1.82, 2.24) is 10.6 Å². The lowest BCUT2D eigenvalue weighted by Gasteiger charge is -2.27. The van der Waals surface area contributed by atoms with Crippen molar-refractivity contribution in [2.75, 3.05) is 19.3 Å². The first-order valence-electron chi connectivity index (χ1n) is 6.81. The third-order valence-electron chi connectivity index (χ3n) is 4.25. The van der Waals surface area contributed by atoms with Gasteiger partial charge in [0.1, 0.15) is 0 Å². The van der Waals surface area contributed by atoms with Crippen molar-refractivity contribution in [3.63, 3.8) is 0 Å². The molecule has 1 aliphatic heterocycles. The highest BCUT2D eigenvalue weighted by atomic mass is 32.2. The maximum Gasteiger partial charge on any atom is 0.0141 e. The second-order valence-electron chi connectivity index (χ2n) is 5.36. The molecule has 2 N–H and O–H groups in total. The monoisotopic (exact) mass is 242 g/mol. The molecule has 94 valence electrons. The van der Waals surface area contributed by atoms with E-state index in [1.807, 2.05) is 11.8 Å². The fourth-order valence-electron chi connectivity index (χ4n) is 3.20. The largest absolute Gasteiger partial charge is 0.314 e. The molecule has 1 saturated heterocycles. The zero-order chi connectivity index (χ0) is 11.4. The van der Waals surface area contributed by atoms with Gasteiger partial charge >= 0.3 is 0 Å². The zero-order valence-corrected chi connectivity index (χ0v) is 11.5. The van der Waals surface area contributed by atoms with Gasteiger partial charge in [0.05, 0.1) is 0 Å². The van der Waals surface area contributed by atoms with E-state index in [2.05, 4.69) is 23.8 Å². The Hall–Kier alpha value is 0.270. The van der Waals surface area contributed by atoms with Crippen LogP contribution in [0.1, 0.15) is 39.0 Å². The lowest BCUT2D eigenvalue weighted by Crippen LogP contribution is -2.43. The molecule has 2 rings (SSSR count). The first-order valence-corrected chi connectivity index (χ1v) is 8.09. The molecule has 1 aliphatic carbocycles. The number of rotatable bonds is 5. The second kappa shape index (κ2) is 6.27. The number of thioether (sulfide) groups is 1. The summed E-state index contributed by atoms with van der Waals surface area (Å²) >= 11 is 1.96. The van der Waals surface area contributed by atoms with Gasteiger partial charge in [0.15, 0.2) is 0 Å². The Morgan fingerprint density at radius 1 is 1.31 bits per heavy atom. The molecular weight excluding hydrogens is 216 g/mol. The van der Waals surface area contributed by atoms with Crippen LogP contribution >= 0.6 is 11.8 Å². The van der Waals surface area contributed by atoms with E-state index in [4.69, 9.17) is 0 Å². The molecule has 2 nitrogen and oxygen atoms in total. The molecule has 0 amide bonds. The van der Waals surface area contributed by atoms with Crippen LogP contribution in [0.2, 0.25) is 0 Å². The summed E-state index contributed by atoms with van der Waals surface area (Å²) in [5.41, 5.74) is 0. The SMILES string of the molecule is CSC(C)CNC1CCCC1C1CCCN1. The predicted molar refractivity (Wildman–Crippen MR) is 73.1 cm³/mol. The van der Waals surface area contributed by atoms with Crippen LogP contribution in [-0.2, 0) is 0 Å². The van der Waals surface area contributed by atoms with Crippen LogP contribution in [0, 0.1) is 5.92 Å². The molecule has 0 aromatic carbocycles. The molecule has 1 saturated carbocycles. The van der Waals surface area contributed by atoms with Crippen molar-refractivity contribution in [3.05, 3.63) is 0 Å². The third-order valence-corrected chi connectivity index (χ3v) is 5.23. The summed E-state index contributed by atoms with van der Waals surface area (Å²) in [5, 5.41) is 8.23. The highest BCUT2D eigenvalue weighted by molar-refractivity contribution is 7.99. The molecule has 4 atom stereocenters. The number of hydrogen-bond donors (Lipinski definition) is 2. The van der Waals surface area contributed by atoms with Crippen LogP contribution in [0.15, 0.2) is 0 Å². The fraction of sp³-hybridized carbons (Fsp3) is 1.00. The Morgan fingerprint density at radius 3 is 2.88 bits per heavy atom. The lowest BCUT2D eigenvalue weighted by molar-refractivity contribution is 0.322. The first kappa shape index (κ1) is 12.7. The number of nitrogens with one attached hydrogen (secondary N) is 2. The molecule has 0 radical (unpaired) electrons. The van der Waals surface area contributed by atoms with Crippen LogP contribution in [0.25, 0.3) is 0 Å². The summed E-state index contributed by atoms with van der Waals surface area (Å²) in [5.74, 6) is 0.900. The Balaban J connectivity index is 1.78. The van der Waals surface area contributed by atoms with Gasteiger partial charge < -0.3 is 10.6 Å². The van der Waals surface area contributed by atoms with E-state index in [-0.39, 0.29) is 0 Å². The zero-order valence-electron chi connectivity index (χ0n) is 10.7. The van der Waals surface area contributed by atoms with E-state index < -0.39 is 0 Å². The summed E-state index contributed by atoms with van der Waals surface area (Å²) in [4.78, 5) is 0. The van der Waals surface area contributed by atoms with E-state index in [0.717, 1.165) is 23.3 Å². The van der Waals surface area contributed by atoms with Crippen molar-refractivity contribution in [1.29, 1.82) is 0 Å². The molecular formula is C13H26N2S. The minimum atomic E-state index is 0.748. The Bertz CT molecular complexity index is 204.